The van der Waals surface area contributed by atoms with Gasteiger partial charge < -0.3 is 19.5 Å². The minimum atomic E-state index is -1.30. The smallest absolute Gasteiger partial charge is 0.293 e. The molecule has 1 atom stereocenters. The van der Waals surface area contributed by atoms with Crippen LogP contribution in [0.15, 0.2) is 115 Å². The summed E-state index contributed by atoms with van der Waals surface area (Å²) in [7, 11) is 1.62. The summed E-state index contributed by atoms with van der Waals surface area (Å²) in [5.41, 5.74) is 4.92. The van der Waals surface area contributed by atoms with Crippen LogP contribution in [0.5, 0.6) is 5.75 Å². The standard InChI is InChI=1S/C31H28N2O4/c1-36-28-18-14-23(15-19-28)20-21-32-30(34)29(37-31(32)35)22-24-12-16-27(17-13-24)33(25-8-4-2-5-9-25)26-10-6-3-7-11-26/h2-19,22,31,35H,20-21H2,1H3. The van der Waals surface area contributed by atoms with Crippen LogP contribution in [-0.4, -0.2) is 36.0 Å². The predicted molar refractivity (Wildman–Crippen MR) is 145 cm³/mol. The van der Waals surface area contributed by atoms with E-state index in [1.165, 1.54) is 4.90 Å². The third-order valence-electron chi connectivity index (χ3n) is 6.25. The number of amides is 1. The number of aliphatic hydroxyl groups is 1. The van der Waals surface area contributed by atoms with Gasteiger partial charge in [-0.15, -0.1) is 0 Å². The quantitative estimate of drug-likeness (QED) is 0.311. The minimum Gasteiger partial charge on any atom is -0.497 e. The molecule has 1 aliphatic rings. The predicted octanol–water partition coefficient (Wildman–Crippen LogP) is 5.88. The van der Waals surface area contributed by atoms with Gasteiger partial charge in [-0.2, -0.15) is 0 Å². The lowest BCUT2D eigenvalue weighted by molar-refractivity contribution is -0.144. The van der Waals surface area contributed by atoms with Gasteiger partial charge in [-0.1, -0.05) is 60.7 Å². The number of carbonyl (C=O) groups excluding carboxylic acids is 1. The highest BCUT2D eigenvalue weighted by atomic mass is 16.6. The molecule has 6 nitrogen and oxygen atoms in total. The second kappa shape index (κ2) is 11.0. The molecule has 5 rings (SSSR count). The van der Waals surface area contributed by atoms with Crippen LogP contribution in [-0.2, 0) is 16.0 Å². The average molecular weight is 493 g/mol. The van der Waals surface area contributed by atoms with E-state index in [0.29, 0.717) is 13.0 Å². The summed E-state index contributed by atoms with van der Waals surface area (Å²) >= 11 is 0. The third-order valence-corrected chi connectivity index (χ3v) is 6.25. The number of nitrogens with zero attached hydrogens (tertiary/aromatic N) is 2. The number of rotatable bonds is 8. The first-order valence-corrected chi connectivity index (χ1v) is 12.1. The molecule has 4 aromatic carbocycles. The van der Waals surface area contributed by atoms with Gasteiger partial charge in [0, 0.05) is 23.6 Å². The Labute approximate surface area is 216 Å². The first kappa shape index (κ1) is 24.2. The summed E-state index contributed by atoms with van der Waals surface area (Å²) in [5.74, 6) is 0.564. The van der Waals surface area contributed by atoms with E-state index in [-0.39, 0.29) is 11.7 Å². The molecule has 0 radical (unpaired) electrons. The van der Waals surface area contributed by atoms with Crippen molar-refractivity contribution in [2.24, 2.45) is 0 Å². The molecule has 0 aromatic heterocycles. The first-order valence-electron chi connectivity index (χ1n) is 12.1. The van der Waals surface area contributed by atoms with E-state index in [4.69, 9.17) is 9.47 Å². The molecule has 1 aliphatic heterocycles. The van der Waals surface area contributed by atoms with Gasteiger partial charge in [0.2, 0.25) is 0 Å². The maximum atomic E-state index is 12.9. The minimum absolute atomic E-state index is 0.123. The molecule has 0 saturated carbocycles. The largest absolute Gasteiger partial charge is 0.497 e. The number of anilines is 3. The van der Waals surface area contributed by atoms with Crippen LogP contribution in [0.25, 0.3) is 6.08 Å². The van der Waals surface area contributed by atoms with E-state index in [0.717, 1.165) is 33.9 Å². The molecule has 1 amide bonds. The number of carbonyl (C=O) groups is 1. The number of hydrogen-bond donors (Lipinski definition) is 1. The highest BCUT2D eigenvalue weighted by Gasteiger charge is 2.35. The number of para-hydroxylation sites is 2. The van der Waals surface area contributed by atoms with E-state index < -0.39 is 6.41 Å². The Bertz CT molecular complexity index is 1310. The van der Waals surface area contributed by atoms with Crippen molar-refractivity contribution in [3.8, 4) is 5.75 Å². The van der Waals surface area contributed by atoms with Crippen LogP contribution in [0.3, 0.4) is 0 Å². The Morgan fingerprint density at radius 3 is 1.97 bits per heavy atom. The van der Waals surface area contributed by atoms with E-state index >= 15 is 0 Å². The second-order valence-corrected chi connectivity index (χ2v) is 8.65. The fourth-order valence-electron chi connectivity index (χ4n) is 4.29. The van der Waals surface area contributed by atoms with Crippen molar-refractivity contribution in [2.75, 3.05) is 18.6 Å². The molecule has 1 unspecified atom stereocenters. The maximum Gasteiger partial charge on any atom is 0.293 e. The highest BCUT2D eigenvalue weighted by Crippen LogP contribution is 2.34. The average Bonchev–Trinajstić information content (AvgIpc) is 3.21. The first-order chi connectivity index (χ1) is 18.1. The van der Waals surface area contributed by atoms with Gasteiger partial charge in [0.25, 0.3) is 12.3 Å². The Kier molecular flexibility index (Phi) is 7.19. The van der Waals surface area contributed by atoms with Gasteiger partial charge >= 0.3 is 0 Å². The highest BCUT2D eigenvalue weighted by molar-refractivity contribution is 5.97. The van der Waals surface area contributed by atoms with Gasteiger partial charge in [0.05, 0.1) is 7.11 Å². The summed E-state index contributed by atoms with van der Waals surface area (Å²) in [6.07, 6.45) is 0.952. The second-order valence-electron chi connectivity index (χ2n) is 8.65. The zero-order valence-electron chi connectivity index (χ0n) is 20.5. The van der Waals surface area contributed by atoms with Crippen molar-refractivity contribution >= 4 is 29.0 Å². The lowest BCUT2D eigenvalue weighted by Crippen LogP contribution is -2.35. The van der Waals surface area contributed by atoms with Gasteiger partial charge in [0.1, 0.15) is 5.75 Å². The summed E-state index contributed by atoms with van der Waals surface area (Å²) in [6.45, 7) is 0.339. The molecule has 186 valence electrons. The van der Waals surface area contributed by atoms with E-state index in [9.17, 15) is 9.90 Å². The molecule has 0 bridgehead atoms. The van der Waals surface area contributed by atoms with Crippen molar-refractivity contribution < 1.29 is 19.4 Å². The molecule has 1 fully saturated rings. The molecular formula is C31H28N2O4. The molecule has 4 aromatic rings. The monoisotopic (exact) mass is 492 g/mol. The van der Waals surface area contributed by atoms with Crippen LogP contribution in [0.4, 0.5) is 17.1 Å². The van der Waals surface area contributed by atoms with Crippen LogP contribution in [0.1, 0.15) is 11.1 Å². The van der Waals surface area contributed by atoms with Crippen molar-refractivity contribution in [3.05, 3.63) is 126 Å². The number of hydrogen-bond acceptors (Lipinski definition) is 5. The number of benzene rings is 4. The molecule has 6 heteroatoms. The van der Waals surface area contributed by atoms with Gasteiger partial charge in [-0.3, -0.25) is 9.69 Å². The Morgan fingerprint density at radius 1 is 0.838 bits per heavy atom. The topological polar surface area (TPSA) is 62.2 Å². The lowest BCUT2D eigenvalue weighted by atomic mass is 10.1. The molecule has 37 heavy (non-hydrogen) atoms. The summed E-state index contributed by atoms with van der Waals surface area (Å²) in [6, 6.07) is 35.8. The van der Waals surface area contributed by atoms with Crippen molar-refractivity contribution in [1.29, 1.82) is 0 Å². The van der Waals surface area contributed by atoms with Gasteiger partial charge in [0.15, 0.2) is 5.76 Å². The molecule has 0 spiro atoms. The number of methoxy groups -OCH3 is 1. The lowest BCUT2D eigenvalue weighted by Gasteiger charge is -2.25. The van der Waals surface area contributed by atoms with Gasteiger partial charge in [-0.25, -0.2) is 0 Å². The number of ether oxygens (including phenoxy) is 2. The normalized spacial score (nSPS) is 16.1. The molecular weight excluding hydrogens is 464 g/mol. The Balaban J connectivity index is 1.31. The maximum absolute atomic E-state index is 12.9. The van der Waals surface area contributed by atoms with Gasteiger partial charge in [-0.05, 0) is 72.2 Å². The van der Waals surface area contributed by atoms with Crippen LogP contribution in [0, 0.1) is 0 Å². The Morgan fingerprint density at radius 2 is 1.41 bits per heavy atom. The summed E-state index contributed by atoms with van der Waals surface area (Å²) < 4.78 is 10.7. The molecule has 1 saturated heterocycles. The summed E-state index contributed by atoms with van der Waals surface area (Å²) in [4.78, 5) is 16.4. The third kappa shape index (κ3) is 5.50. The van der Waals surface area contributed by atoms with E-state index in [2.05, 4.69) is 29.2 Å². The summed E-state index contributed by atoms with van der Waals surface area (Å²) in [5, 5.41) is 10.4. The van der Waals surface area contributed by atoms with Crippen LogP contribution < -0.4 is 9.64 Å². The SMILES string of the molecule is COc1ccc(CCN2C(=O)C(=Cc3ccc(N(c4ccccc4)c4ccccc4)cc3)OC2O)cc1. The zero-order valence-corrected chi connectivity index (χ0v) is 20.5. The Hall–Kier alpha value is -4.55. The van der Waals surface area contributed by atoms with E-state index in [1.807, 2.05) is 84.9 Å². The molecule has 1 heterocycles. The van der Waals surface area contributed by atoms with Crippen LogP contribution >= 0.6 is 0 Å². The molecule has 0 aliphatic carbocycles. The van der Waals surface area contributed by atoms with Crippen molar-refractivity contribution in [1.82, 2.24) is 4.90 Å². The molecule has 1 N–H and O–H groups in total. The van der Waals surface area contributed by atoms with Crippen LogP contribution in [0.2, 0.25) is 0 Å². The zero-order chi connectivity index (χ0) is 25.6. The fourth-order valence-corrected chi connectivity index (χ4v) is 4.29. The van der Waals surface area contributed by atoms with Crippen molar-refractivity contribution in [2.45, 2.75) is 12.8 Å². The fraction of sp³-hybridized carbons (Fsp3) is 0.129. The number of aliphatic hydroxyl groups excluding tert-OH is 1. The van der Waals surface area contributed by atoms with Crippen molar-refractivity contribution in [3.63, 3.8) is 0 Å². The van der Waals surface area contributed by atoms with E-state index in [1.54, 1.807) is 13.2 Å².